The normalized spacial score (nSPS) is 11.6. The highest BCUT2D eigenvalue weighted by Crippen LogP contribution is 2.14. The van der Waals surface area contributed by atoms with Crippen LogP contribution >= 0.6 is 0 Å². The molecular formula is C20H26O3SSi. The van der Waals surface area contributed by atoms with Crippen molar-refractivity contribution < 1.29 is 12.6 Å². The standard InChI is InChI=1S/C20H26O3SSi/c1-17-7-11-19(12-8-17)24(21,22)23-15-5-3-4-6-16-25-20-13-9-18(2)10-14-20/h7-14H,3-6,15-16H2,1-2H3. The Labute approximate surface area is 154 Å². The zero-order chi connectivity index (χ0) is 18.1. The van der Waals surface area contributed by atoms with Crippen molar-refractivity contribution in [2.75, 3.05) is 6.61 Å². The molecule has 2 rings (SSSR count). The van der Waals surface area contributed by atoms with Crippen LogP contribution in [0.25, 0.3) is 0 Å². The van der Waals surface area contributed by atoms with Crippen molar-refractivity contribution in [2.45, 2.75) is 50.5 Å². The van der Waals surface area contributed by atoms with Gasteiger partial charge in [-0.2, -0.15) is 8.42 Å². The molecular weight excluding hydrogens is 348 g/mol. The van der Waals surface area contributed by atoms with Gasteiger partial charge < -0.3 is 0 Å². The third-order valence-electron chi connectivity index (χ3n) is 4.00. The van der Waals surface area contributed by atoms with Crippen molar-refractivity contribution in [1.82, 2.24) is 0 Å². The van der Waals surface area contributed by atoms with E-state index in [1.165, 1.54) is 23.2 Å². The van der Waals surface area contributed by atoms with Crippen molar-refractivity contribution >= 4 is 24.8 Å². The van der Waals surface area contributed by atoms with Gasteiger partial charge in [-0.1, -0.05) is 78.0 Å². The molecule has 2 aromatic carbocycles. The van der Waals surface area contributed by atoms with E-state index in [9.17, 15) is 8.42 Å². The Hall–Kier alpha value is -1.43. The molecule has 0 atom stereocenters. The average molecular weight is 375 g/mol. The van der Waals surface area contributed by atoms with E-state index in [1.807, 2.05) is 6.92 Å². The first-order chi connectivity index (χ1) is 12.0. The van der Waals surface area contributed by atoms with Crippen LogP contribution in [-0.2, 0) is 14.3 Å². The zero-order valence-electron chi connectivity index (χ0n) is 15.0. The minimum Gasteiger partial charge on any atom is -0.266 e. The molecule has 0 aliphatic heterocycles. The van der Waals surface area contributed by atoms with Gasteiger partial charge in [-0.05, 0) is 32.4 Å². The molecule has 0 saturated heterocycles. The van der Waals surface area contributed by atoms with Crippen LogP contribution in [0, 0.1) is 13.8 Å². The summed E-state index contributed by atoms with van der Waals surface area (Å²) in [4.78, 5) is 0.234. The molecule has 0 aromatic heterocycles. The van der Waals surface area contributed by atoms with E-state index in [2.05, 4.69) is 31.2 Å². The second-order valence-corrected chi connectivity index (χ2v) is 9.34. The minimum absolute atomic E-state index is 0.234. The molecule has 2 aromatic rings. The summed E-state index contributed by atoms with van der Waals surface area (Å²) >= 11 is 0. The van der Waals surface area contributed by atoms with Crippen molar-refractivity contribution in [3.8, 4) is 0 Å². The third-order valence-corrected chi connectivity index (χ3v) is 6.67. The van der Waals surface area contributed by atoms with E-state index >= 15 is 0 Å². The molecule has 5 heteroatoms. The quantitative estimate of drug-likeness (QED) is 0.358. The molecule has 134 valence electrons. The van der Waals surface area contributed by atoms with E-state index in [0.29, 0.717) is 0 Å². The summed E-state index contributed by atoms with van der Waals surface area (Å²) in [6.45, 7) is 4.29. The first kappa shape index (κ1) is 19.9. The molecule has 0 spiro atoms. The van der Waals surface area contributed by atoms with Crippen LogP contribution in [0.5, 0.6) is 0 Å². The van der Waals surface area contributed by atoms with Gasteiger partial charge in [0.2, 0.25) is 0 Å². The average Bonchev–Trinajstić information content (AvgIpc) is 2.59. The smallest absolute Gasteiger partial charge is 0.266 e. The Bertz CT molecular complexity index is 738. The molecule has 0 aliphatic carbocycles. The maximum absolute atomic E-state index is 12.0. The van der Waals surface area contributed by atoms with Crippen LogP contribution in [0.3, 0.4) is 0 Å². The van der Waals surface area contributed by atoms with E-state index in [1.54, 1.807) is 24.3 Å². The summed E-state index contributed by atoms with van der Waals surface area (Å²) in [5.74, 6) is 0. The Kier molecular flexibility index (Phi) is 7.87. The van der Waals surface area contributed by atoms with Crippen LogP contribution in [0.2, 0.25) is 6.04 Å². The van der Waals surface area contributed by atoms with Crippen LogP contribution < -0.4 is 5.19 Å². The minimum atomic E-state index is -3.61. The third kappa shape index (κ3) is 7.14. The molecule has 0 unspecified atom stereocenters. The number of benzene rings is 2. The SMILES string of the molecule is Cc1ccc([Si]CCCCCCOS(=O)(=O)c2ccc(C)cc2)cc1. The second kappa shape index (κ2) is 9.90. The van der Waals surface area contributed by atoms with Gasteiger partial charge in [-0.3, -0.25) is 4.18 Å². The second-order valence-electron chi connectivity index (χ2n) is 6.30. The summed E-state index contributed by atoms with van der Waals surface area (Å²) in [6.07, 6.45) is 4.07. The highest BCUT2D eigenvalue weighted by molar-refractivity contribution is 7.86. The fourth-order valence-corrected chi connectivity index (χ4v) is 4.49. The Morgan fingerprint density at radius 1 is 0.800 bits per heavy atom. The van der Waals surface area contributed by atoms with Crippen molar-refractivity contribution in [1.29, 1.82) is 0 Å². The zero-order valence-corrected chi connectivity index (χ0v) is 16.8. The lowest BCUT2D eigenvalue weighted by atomic mass is 10.2. The van der Waals surface area contributed by atoms with Gasteiger partial charge in [-0.25, -0.2) is 0 Å². The van der Waals surface area contributed by atoms with E-state index in [4.69, 9.17) is 4.18 Å². The molecule has 0 saturated carbocycles. The van der Waals surface area contributed by atoms with Crippen LogP contribution in [-0.4, -0.2) is 24.5 Å². The van der Waals surface area contributed by atoms with Gasteiger partial charge in [0.05, 0.1) is 21.0 Å². The summed E-state index contributed by atoms with van der Waals surface area (Å²) < 4.78 is 29.2. The molecule has 0 N–H and O–H groups in total. The fraction of sp³-hybridized carbons (Fsp3) is 0.400. The Morgan fingerprint density at radius 2 is 1.36 bits per heavy atom. The molecule has 0 bridgehead atoms. The maximum atomic E-state index is 12.0. The molecule has 25 heavy (non-hydrogen) atoms. The van der Waals surface area contributed by atoms with Crippen molar-refractivity contribution in [3.63, 3.8) is 0 Å². The van der Waals surface area contributed by atoms with Gasteiger partial charge in [0, 0.05) is 0 Å². The first-order valence-electron chi connectivity index (χ1n) is 8.74. The summed E-state index contributed by atoms with van der Waals surface area (Å²) in [5.41, 5.74) is 2.33. The largest absolute Gasteiger partial charge is 0.296 e. The number of hydrogen-bond acceptors (Lipinski definition) is 3. The van der Waals surface area contributed by atoms with Crippen LogP contribution in [0.4, 0.5) is 0 Å². The lowest BCUT2D eigenvalue weighted by molar-refractivity contribution is 0.307. The maximum Gasteiger partial charge on any atom is 0.296 e. The topological polar surface area (TPSA) is 43.4 Å². The van der Waals surface area contributed by atoms with E-state index < -0.39 is 10.1 Å². The predicted molar refractivity (Wildman–Crippen MR) is 104 cm³/mol. The molecule has 0 aliphatic rings. The fourth-order valence-electron chi connectivity index (χ4n) is 2.43. The Morgan fingerprint density at radius 3 is 2.00 bits per heavy atom. The molecule has 0 amide bonds. The number of aryl methyl sites for hydroxylation is 2. The highest BCUT2D eigenvalue weighted by atomic mass is 32.2. The van der Waals surface area contributed by atoms with E-state index in [-0.39, 0.29) is 11.5 Å². The summed E-state index contributed by atoms with van der Waals surface area (Å²) in [6, 6.07) is 16.7. The Balaban J connectivity index is 1.57. The van der Waals surface area contributed by atoms with Crippen molar-refractivity contribution in [2.24, 2.45) is 0 Å². The number of unbranched alkanes of at least 4 members (excludes halogenated alkanes) is 3. The highest BCUT2D eigenvalue weighted by Gasteiger charge is 2.14. The van der Waals surface area contributed by atoms with Gasteiger partial charge in [-0.15, -0.1) is 0 Å². The summed E-state index contributed by atoms with van der Waals surface area (Å²) in [7, 11) is -2.76. The van der Waals surface area contributed by atoms with Gasteiger partial charge in [0.1, 0.15) is 0 Å². The predicted octanol–water partition coefficient (Wildman–Crippen LogP) is 4.02. The van der Waals surface area contributed by atoms with Crippen LogP contribution in [0.1, 0.15) is 36.8 Å². The molecule has 2 radical (unpaired) electrons. The summed E-state index contributed by atoms with van der Waals surface area (Å²) in [5, 5.41) is 1.41. The van der Waals surface area contributed by atoms with Crippen molar-refractivity contribution in [3.05, 3.63) is 59.7 Å². The number of rotatable bonds is 10. The number of hydrogen-bond donors (Lipinski definition) is 0. The lowest BCUT2D eigenvalue weighted by Crippen LogP contribution is -2.12. The lowest BCUT2D eigenvalue weighted by Gasteiger charge is -2.06. The van der Waals surface area contributed by atoms with Gasteiger partial charge in [0.25, 0.3) is 10.1 Å². The molecule has 3 nitrogen and oxygen atoms in total. The molecule has 0 fully saturated rings. The van der Waals surface area contributed by atoms with E-state index in [0.717, 1.165) is 34.3 Å². The van der Waals surface area contributed by atoms with Crippen LogP contribution in [0.15, 0.2) is 53.4 Å². The van der Waals surface area contributed by atoms with Gasteiger partial charge in [0.15, 0.2) is 0 Å². The molecule has 0 heterocycles. The van der Waals surface area contributed by atoms with Gasteiger partial charge >= 0.3 is 0 Å². The first-order valence-corrected chi connectivity index (χ1v) is 11.4. The monoisotopic (exact) mass is 374 g/mol.